The van der Waals surface area contributed by atoms with Crippen molar-refractivity contribution >= 4 is 29.4 Å². The molecule has 1 N–H and O–H groups in total. The van der Waals surface area contributed by atoms with Crippen LogP contribution >= 0.6 is 11.8 Å². The molecule has 206 valence electrons. The van der Waals surface area contributed by atoms with Crippen molar-refractivity contribution in [2.24, 2.45) is 0 Å². The van der Waals surface area contributed by atoms with Crippen LogP contribution in [0.15, 0.2) is 78.9 Å². The van der Waals surface area contributed by atoms with Gasteiger partial charge in [0.1, 0.15) is 23.9 Å². The molecular formula is C31H31FN4O3S. The first kappa shape index (κ1) is 27.5. The summed E-state index contributed by atoms with van der Waals surface area (Å²) in [6, 6.07) is 23.5. The predicted octanol–water partition coefficient (Wildman–Crippen LogP) is 5.77. The fourth-order valence-electron chi connectivity index (χ4n) is 4.73. The van der Waals surface area contributed by atoms with E-state index in [1.54, 1.807) is 17.9 Å². The van der Waals surface area contributed by atoms with E-state index in [4.69, 9.17) is 9.84 Å². The van der Waals surface area contributed by atoms with E-state index < -0.39 is 5.25 Å². The number of nitrogens with one attached hydrogen (secondary N) is 1. The summed E-state index contributed by atoms with van der Waals surface area (Å²) in [5, 5.41) is 7.61. The van der Waals surface area contributed by atoms with E-state index in [1.807, 2.05) is 74.5 Å². The van der Waals surface area contributed by atoms with E-state index in [-0.39, 0.29) is 36.0 Å². The number of carbonyl (C=O) groups is 2. The number of halogens is 1. The molecule has 3 aromatic carbocycles. The normalized spacial score (nSPS) is 15.8. The lowest BCUT2D eigenvalue weighted by molar-refractivity contribution is -0.123. The molecule has 1 aliphatic rings. The number of hydrogen-bond donors (Lipinski definition) is 1. The number of anilines is 1. The number of benzene rings is 3. The molecule has 0 unspecified atom stereocenters. The lowest BCUT2D eigenvalue weighted by atomic mass is 9.99. The van der Waals surface area contributed by atoms with Crippen LogP contribution in [0.1, 0.15) is 36.6 Å². The molecule has 1 aromatic heterocycles. The minimum atomic E-state index is -0.403. The molecule has 0 bridgehead atoms. The van der Waals surface area contributed by atoms with Crippen molar-refractivity contribution in [3.05, 3.63) is 95.8 Å². The van der Waals surface area contributed by atoms with Crippen molar-refractivity contribution in [3.8, 4) is 22.7 Å². The molecule has 0 fully saturated rings. The number of carbonyl (C=O) groups excluding carboxylic acids is 2. The number of nitrogens with zero attached hydrogens (tertiary/aromatic N) is 3. The van der Waals surface area contributed by atoms with Gasteiger partial charge in [0.25, 0.3) is 0 Å². The van der Waals surface area contributed by atoms with Crippen LogP contribution < -0.4 is 15.0 Å². The third-order valence-corrected chi connectivity index (χ3v) is 8.18. The Bertz CT molecular complexity index is 1510. The molecule has 0 radical (unpaired) electrons. The molecule has 0 aliphatic carbocycles. The number of methoxy groups -OCH3 is 1. The van der Waals surface area contributed by atoms with E-state index in [1.165, 1.54) is 28.8 Å². The van der Waals surface area contributed by atoms with Crippen molar-refractivity contribution in [3.63, 3.8) is 0 Å². The number of thioether (sulfide) groups is 1. The Balaban J connectivity index is 1.77. The Morgan fingerprint density at radius 3 is 2.55 bits per heavy atom. The summed E-state index contributed by atoms with van der Waals surface area (Å²) < 4.78 is 21.5. The molecule has 0 saturated heterocycles. The molecule has 4 aromatic rings. The number of ether oxygens (including phenoxy) is 1. The van der Waals surface area contributed by atoms with Crippen LogP contribution in [0.25, 0.3) is 16.9 Å². The third-order valence-electron chi connectivity index (χ3n) is 6.93. The highest BCUT2D eigenvalue weighted by Gasteiger charge is 2.37. The van der Waals surface area contributed by atoms with Gasteiger partial charge in [0.15, 0.2) is 0 Å². The van der Waals surface area contributed by atoms with Gasteiger partial charge in [0.05, 0.1) is 29.5 Å². The van der Waals surface area contributed by atoms with E-state index in [0.29, 0.717) is 22.9 Å². The quantitative estimate of drug-likeness (QED) is 0.297. The summed E-state index contributed by atoms with van der Waals surface area (Å²) in [6.07, 6.45) is 0.768. The van der Waals surface area contributed by atoms with Gasteiger partial charge in [0, 0.05) is 17.2 Å². The maximum absolute atomic E-state index is 14.5. The zero-order valence-electron chi connectivity index (χ0n) is 22.6. The van der Waals surface area contributed by atoms with Crippen molar-refractivity contribution < 1.29 is 18.7 Å². The lowest BCUT2D eigenvalue weighted by Gasteiger charge is -2.24. The van der Waals surface area contributed by atoms with Crippen LogP contribution in [0.2, 0.25) is 0 Å². The van der Waals surface area contributed by atoms with Crippen LogP contribution in [0.5, 0.6) is 5.75 Å². The van der Waals surface area contributed by atoms with Gasteiger partial charge in [-0.2, -0.15) is 5.10 Å². The van der Waals surface area contributed by atoms with Crippen LogP contribution in [-0.4, -0.2) is 47.0 Å². The molecule has 0 spiro atoms. The fraction of sp³-hybridized carbons (Fsp3) is 0.258. The Labute approximate surface area is 237 Å². The first-order chi connectivity index (χ1) is 19.4. The SMILES string of the molecule is CC[C@@H](C)NC(=O)CN1C(=O)CS[C@@H](c2cccc(F)c2)c2c(-c3ccccc3)nn(-c3ccc(OC)cc3)c21. The molecule has 7 nitrogen and oxygen atoms in total. The highest BCUT2D eigenvalue weighted by atomic mass is 32.2. The minimum absolute atomic E-state index is 0.0325. The number of aromatic nitrogens is 2. The van der Waals surface area contributed by atoms with E-state index in [9.17, 15) is 14.0 Å². The van der Waals surface area contributed by atoms with Crippen LogP contribution in [0, 0.1) is 5.82 Å². The standard InChI is InChI=1S/C31H31FN4O3S/c1-4-20(2)33-26(37)18-35-27(38)19-40-30(22-11-8-12-23(32)17-22)28-29(21-9-6-5-7-10-21)34-36(31(28)35)24-13-15-25(39-3)16-14-24/h5-17,20,30H,4,18-19H2,1-3H3,(H,33,37)/t20-,30+/m1/s1. The van der Waals surface area contributed by atoms with Crippen LogP contribution in [0.3, 0.4) is 0 Å². The zero-order valence-corrected chi connectivity index (χ0v) is 23.5. The molecule has 5 rings (SSSR count). The summed E-state index contributed by atoms with van der Waals surface area (Å²) in [4.78, 5) is 28.4. The van der Waals surface area contributed by atoms with Gasteiger partial charge in [-0.1, -0.05) is 49.4 Å². The molecule has 9 heteroatoms. The molecule has 2 amide bonds. The largest absolute Gasteiger partial charge is 0.497 e. The Morgan fingerprint density at radius 2 is 1.88 bits per heavy atom. The molecule has 2 heterocycles. The molecular weight excluding hydrogens is 527 g/mol. The lowest BCUT2D eigenvalue weighted by Crippen LogP contribution is -2.44. The van der Waals surface area contributed by atoms with Gasteiger partial charge in [-0.25, -0.2) is 9.07 Å². The average molecular weight is 559 g/mol. The summed E-state index contributed by atoms with van der Waals surface area (Å²) >= 11 is 1.41. The Morgan fingerprint density at radius 1 is 1.12 bits per heavy atom. The number of rotatable bonds is 8. The maximum Gasteiger partial charge on any atom is 0.240 e. The van der Waals surface area contributed by atoms with Crippen LogP contribution in [-0.2, 0) is 9.59 Å². The van der Waals surface area contributed by atoms with Gasteiger partial charge >= 0.3 is 0 Å². The van der Waals surface area contributed by atoms with E-state index in [0.717, 1.165) is 23.1 Å². The molecule has 2 atom stereocenters. The molecule has 1 aliphatic heterocycles. The molecule has 40 heavy (non-hydrogen) atoms. The highest BCUT2D eigenvalue weighted by molar-refractivity contribution is 8.00. The Kier molecular flexibility index (Phi) is 8.21. The van der Waals surface area contributed by atoms with Gasteiger partial charge in [0.2, 0.25) is 11.8 Å². The van der Waals surface area contributed by atoms with Crippen molar-refractivity contribution in [2.75, 3.05) is 24.3 Å². The first-order valence-corrected chi connectivity index (χ1v) is 14.2. The van der Waals surface area contributed by atoms with E-state index >= 15 is 0 Å². The number of hydrogen-bond acceptors (Lipinski definition) is 5. The zero-order chi connectivity index (χ0) is 28.2. The summed E-state index contributed by atoms with van der Waals surface area (Å²) in [5.41, 5.74) is 3.68. The van der Waals surface area contributed by atoms with E-state index in [2.05, 4.69) is 5.32 Å². The second-order valence-electron chi connectivity index (χ2n) is 9.66. The highest BCUT2D eigenvalue weighted by Crippen LogP contribution is 2.48. The number of amides is 2. The molecule has 0 saturated carbocycles. The summed E-state index contributed by atoms with van der Waals surface area (Å²) in [6.45, 7) is 3.76. The minimum Gasteiger partial charge on any atom is -0.497 e. The Hall–Kier alpha value is -4.11. The predicted molar refractivity (Wildman–Crippen MR) is 157 cm³/mol. The van der Waals surface area contributed by atoms with Gasteiger partial charge < -0.3 is 10.1 Å². The second-order valence-corrected chi connectivity index (χ2v) is 10.8. The second kappa shape index (κ2) is 12.0. The van der Waals surface area contributed by atoms with Gasteiger partial charge in [-0.3, -0.25) is 14.5 Å². The topological polar surface area (TPSA) is 76.5 Å². The maximum atomic E-state index is 14.5. The average Bonchev–Trinajstić information content (AvgIpc) is 3.30. The first-order valence-electron chi connectivity index (χ1n) is 13.2. The fourth-order valence-corrected chi connectivity index (χ4v) is 5.92. The van der Waals surface area contributed by atoms with Crippen molar-refractivity contribution in [1.29, 1.82) is 0 Å². The van der Waals surface area contributed by atoms with Crippen LogP contribution in [0.4, 0.5) is 10.2 Å². The van der Waals surface area contributed by atoms with Gasteiger partial charge in [-0.15, -0.1) is 11.8 Å². The summed E-state index contributed by atoms with van der Waals surface area (Å²) in [5.74, 6) is 0.449. The summed E-state index contributed by atoms with van der Waals surface area (Å²) in [7, 11) is 1.60. The third kappa shape index (κ3) is 5.60. The van der Waals surface area contributed by atoms with Crippen molar-refractivity contribution in [2.45, 2.75) is 31.6 Å². The smallest absolute Gasteiger partial charge is 0.240 e. The van der Waals surface area contributed by atoms with Crippen molar-refractivity contribution in [1.82, 2.24) is 15.1 Å². The van der Waals surface area contributed by atoms with Gasteiger partial charge in [-0.05, 0) is 55.3 Å². The monoisotopic (exact) mass is 558 g/mol. The number of fused-ring (bicyclic) bond motifs is 1.